The normalized spacial score (nSPS) is 25.3. The average molecular weight is 469 g/mol. The van der Waals surface area contributed by atoms with Crippen molar-refractivity contribution < 1.29 is 40.7 Å². The number of carbonyl (C=O) groups is 2. The zero-order chi connectivity index (χ0) is 23.7. The molecule has 4 N–H and O–H groups in total. The van der Waals surface area contributed by atoms with Crippen LogP contribution in [0.1, 0.15) is 24.9 Å². The predicted octanol–water partition coefficient (Wildman–Crippen LogP) is 1.95. The summed E-state index contributed by atoms with van der Waals surface area (Å²) in [6.07, 6.45) is -9.89. The number of benzene rings is 1. The van der Waals surface area contributed by atoms with E-state index in [1.165, 1.54) is 24.0 Å². The highest BCUT2D eigenvalue weighted by atomic mass is 19.4. The number of hydrogen-bond acceptors (Lipinski definition) is 5. The molecule has 2 fully saturated rings. The average Bonchev–Trinajstić information content (AvgIpc) is 3.18. The van der Waals surface area contributed by atoms with Gasteiger partial charge in [0.05, 0.1) is 6.04 Å². The van der Waals surface area contributed by atoms with Crippen molar-refractivity contribution in [2.45, 2.75) is 50.1 Å². The zero-order valence-electron chi connectivity index (χ0n) is 16.7. The summed E-state index contributed by atoms with van der Waals surface area (Å²) in [7, 11) is 0. The topological polar surface area (TPSA) is 94.7 Å². The lowest BCUT2D eigenvalue weighted by atomic mass is 9.95. The first kappa shape index (κ1) is 23.9. The molecule has 0 aliphatic carbocycles. The Kier molecular flexibility index (Phi) is 6.74. The van der Waals surface area contributed by atoms with Crippen LogP contribution in [-0.2, 0) is 4.79 Å². The molecule has 0 spiro atoms. The van der Waals surface area contributed by atoms with Crippen LogP contribution in [0.3, 0.4) is 0 Å². The Morgan fingerprint density at radius 3 is 2.38 bits per heavy atom. The van der Waals surface area contributed by atoms with Crippen LogP contribution < -0.4 is 26.2 Å². The Morgan fingerprint density at radius 2 is 1.81 bits per heavy atom. The highest BCUT2D eigenvalue weighted by Gasteiger charge is 2.46. The van der Waals surface area contributed by atoms with Crippen LogP contribution in [0.5, 0.6) is 5.75 Å². The molecule has 14 heteroatoms. The van der Waals surface area contributed by atoms with Crippen LogP contribution in [0.2, 0.25) is 0 Å². The van der Waals surface area contributed by atoms with E-state index in [0.717, 1.165) is 12.1 Å². The highest BCUT2D eigenvalue weighted by Crippen LogP contribution is 2.32. The molecule has 8 nitrogen and oxygen atoms in total. The molecule has 1 aromatic rings. The van der Waals surface area contributed by atoms with Gasteiger partial charge >= 0.3 is 18.6 Å². The smallest absolute Gasteiger partial charge is 0.406 e. The van der Waals surface area contributed by atoms with E-state index in [1.807, 2.05) is 0 Å². The molecule has 3 rings (SSSR count). The maximum Gasteiger partial charge on any atom is 0.573 e. The molecule has 178 valence electrons. The maximum atomic E-state index is 13.1. The Balaban J connectivity index is 1.82. The summed E-state index contributed by atoms with van der Waals surface area (Å²) in [6.45, 7) is 1.90. The Hall–Kier alpha value is -2.74. The number of piperazine rings is 1. The first-order valence-electron chi connectivity index (χ1n) is 9.63. The molecule has 2 unspecified atom stereocenters. The van der Waals surface area contributed by atoms with Gasteiger partial charge in [0.2, 0.25) is 5.91 Å². The summed E-state index contributed by atoms with van der Waals surface area (Å²) in [5.41, 5.74) is 4.88. The third-order valence-corrected chi connectivity index (χ3v) is 5.24. The fourth-order valence-corrected chi connectivity index (χ4v) is 3.58. The van der Waals surface area contributed by atoms with E-state index in [1.54, 1.807) is 0 Å². The van der Waals surface area contributed by atoms with Gasteiger partial charge in [0.1, 0.15) is 17.8 Å². The number of alkyl halides is 6. The van der Waals surface area contributed by atoms with E-state index in [4.69, 9.17) is 0 Å². The minimum absolute atomic E-state index is 0.186. The van der Waals surface area contributed by atoms with Crippen molar-refractivity contribution in [1.29, 1.82) is 0 Å². The van der Waals surface area contributed by atoms with Gasteiger partial charge in [-0.15, -0.1) is 13.2 Å². The van der Waals surface area contributed by atoms with Gasteiger partial charge in [-0.3, -0.25) is 10.2 Å². The van der Waals surface area contributed by atoms with Crippen molar-refractivity contribution in [2.75, 3.05) is 13.1 Å². The summed E-state index contributed by atoms with van der Waals surface area (Å²) in [6, 6.07) is -0.893. The molecule has 2 heterocycles. The maximum absolute atomic E-state index is 13.1. The number of hydrazine groups is 1. The van der Waals surface area contributed by atoms with Gasteiger partial charge in [0.15, 0.2) is 0 Å². The third kappa shape index (κ3) is 5.73. The monoisotopic (exact) mass is 469 g/mol. The largest absolute Gasteiger partial charge is 0.573 e. The second kappa shape index (κ2) is 9.02. The molecule has 2 aliphatic rings. The number of rotatable bonds is 4. The zero-order valence-corrected chi connectivity index (χ0v) is 16.7. The lowest BCUT2D eigenvalue weighted by molar-refractivity contribution is -0.274. The molecule has 4 atom stereocenters. The van der Waals surface area contributed by atoms with E-state index >= 15 is 0 Å². The number of nitrogens with zero attached hydrogens (tertiary/aromatic N) is 1. The fourth-order valence-electron chi connectivity index (χ4n) is 3.58. The van der Waals surface area contributed by atoms with Crippen molar-refractivity contribution in [3.05, 3.63) is 29.8 Å². The predicted molar refractivity (Wildman–Crippen MR) is 98.1 cm³/mol. The van der Waals surface area contributed by atoms with Gasteiger partial charge < -0.3 is 20.3 Å². The van der Waals surface area contributed by atoms with Crippen molar-refractivity contribution in [3.8, 4) is 5.75 Å². The third-order valence-electron chi connectivity index (χ3n) is 5.24. The Labute approximate surface area is 178 Å². The van der Waals surface area contributed by atoms with Gasteiger partial charge in [0, 0.05) is 19.1 Å². The number of halogens is 6. The number of ether oxygens (including phenoxy) is 1. The molecule has 3 amide bonds. The van der Waals surface area contributed by atoms with Gasteiger partial charge in [0.25, 0.3) is 0 Å². The summed E-state index contributed by atoms with van der Waals surface area (Å²) < 4.78 is 80.3. The van der Waals surface area contributed by atoms with Crippen LogP contribution in [0, 0.1) is 0 Å². The molecule has 2 aliphatic heterocycles. The van der Waals surface area contributed by atoms with Crippen molar-refractivity contribution in [2.24, 2.45) is 0 Å². The minimum Gasteiger partial charge on any atom is -0.406 e. The lowest BCUT2D eigenvalue weighted by Gasteiger charge is -2.35. The molecule has 32 heavy (non-hydrogen) atoms. The summed E-state index contributed by atoms with van der Waals surface area (Å²) in [5, 5.41) is 5.20. The molecule has 0 aromatic heterocycles. The number of amides is 3. The van der Waals surface area contributed by atoms with Crippen molar-refractivity contribution >= 4 is 11.9 Å². The standard InChI is InChI=1S/C18H21F6N5O3/c1-9-15(30)25-6-7-29(9)16(31)26-14(12-8-13(28-27-12)17(19,20)21)10-2-4-11(5-3-10)32-18(22,23)24/h2-5,9,12-14,27-28H,6-8H2,1H3,(H,25,30)(H,26,31)/t9-,12?,13?,14-/m1/s1. The number of nitrogens with one attached hydrogen (secondary N) is 4. The minimum atomic E-state index is -4.91. The number of carbonyl (C=O) groups excluding carboxylic acids is 2. The Morgan fingerprint density at radius 1 is 1.16 bits per heavy atom. The highest BCUT2D eigenvalue weighted by molar-refractivity contribution is 5.88. The first-order valence-corrected chi connectivity index (χ1v) is 9.63. The van der Waals surface area contributed by atoms with E-state index in [0.29, 0.717) is 0 Å². The molecule has 0 bridgehead atoms. The number of hydrogen-bond donors (Lipinski definition) is 4. The fraction of sp³-hybridized carbons (Fsp3) is 0.556. The van der Waals surface area contributed by atoms with Gasteiger partial charge in [-0.2, -0.15) is 13.2 Å². The van der Waals surface area contributed by atoms with Crippen LogP contribution in [-0.4, -0.2) is 60.6 Å². The molecular formula is C18H21F6N5O3. The Bertz CT molecular complexity index is 832. The van der Waals surface area contributed by atoms with Crippen LogP contribution in [0.4, 0.5) is 31.1 Å². The van der Waals surface area contributed by atoms with Gasteiger partial charge in [-0.25, -0.2) is 10.2 Å². The summed E-state index contributed by atoms with van der Waals surface area (Å²) in [5.74, 6) is -0.896. The van der Waals surface area contributed by atoms with Gasteiger partial charge in [-0.05, 0) is 31.0 Å². The van der Waals surface area contributed by atoms with Crippen molar-refractivity contribution in [1.82, 2.24) is 26.4 Å². The van der Waals surface area contributed by atoms with Crippen LogP contribution in [0.15, 0.2) is 24.3 Å². The SMILES string of the molecule is C[C@@H]1C(=O)NCCN1C(=O)N[C@H](c1ccc(OC(F)(F)F)cc1)C1CC(C(F)(F)F)NN1. The first-order chi connectivity index (χ1) is 14.8. The van der Waals surface area contributed by atoms with E-state index in [9.17, 15) is 35.9 Å². The second-order valence-corrected chi connectivity index (χ2v) is 7.43. The quantitative estimate of drug-likeness (QED) is 0.506. The molecule has 0 saturated carbocycles. The van der Waals surface area contributed by atoms with Crippen molar-refractivity contribution in [3.63, 3.8) is 0 Å². The van der Waals surface area contributed by atoms with E-state index in [-0.39, 0.29) is 24.6 Å². The van der Waals surface area contributed by atoms with E-state index in [2.05, 4.69) is 26.2 Å². The molecule has 1 aromatic carbocycles. The number of urea groups is 1. The molecule has 2 saturated heterocycles. The lowest BCUT2D eigenvalue weighted by Crippen LogP contribution is -2.59. The molecular weight excluding hydrogens is 448 g/mol. The van der Waals surface area contributed by atoms with Crippen LogP contribution in [0.25, 0.3) is 0 Å². The summed E-state index contributed by atoms with van der Waals surface area (Å²) >= 11 is 0. The van der Waals surface area contributed by atoms with Gasteiger partial charge in [-0.1, -0.05) is 12.1 Å². The van der Waals surface area contributed by atoms with Crippen LogP contribution >= 0.6 is 0 Å². The van der Waals surface area contributed by atoms with E-state index < -0.39 is 54.9 Å². The summed E-state index contributed by atoms with van der Waals surface area (Å²) in [4.78, 5) is 25.9. The molecule has 0 radical (unpaired) electrons. The second-order valence-electron chi connectivity index (χ2n) is 7.43.